The van der Waals surface area contributed by atoms with Gasteiger partial charge in [0.25, 0.3) is 0 Å². The molecule has 1 saturated heterocycles. The van der Waals surface area contributed by atoms with Crippen LogP contribution in [0.25, 0.3) is 0 Å². The van der Waals surface area contributed by atoms with Crippen molar-refractivity contribution in [2.75, 3.05) is 38.5 Å². The van der Waals surface area contributed by atoms with E-state index < -0.39 is 10.0 Å². The molecule has 0 aromatic heterocycles. The number of primary sulfonamides is 1. The predicted octanol–water partition coefficient (Wildman–Crippen LogP) is 1.55. The summed E-state index contributed by atoms with van der Waals surface area (Å²) in [5.74, 6) is 0.538. The lowest BCUT2D eigenvalue weighted by Crippen LogP contribution is -2.48. The normalized spacial score (nSPS) is 18.4. The van der Waals surface area contributed by atoms with E-state index in [1.54, 1.807) is 0 Å². The predicted molar refractivity (Wildman–Crippen MR) is 116 cm³/mol. The number of hydrogen-bond donors (Lipinski definition) is 2. The van der Waals surface area contributed by atoms with Gasteiger partial charge in [-0.3, -0.25) is 4.99 Å². The highest BCUT2D eigenvalue weighted by molar-refractivity contribution is 14.0. The summed E-state index contributed by atoms with van der Waals surface area (Å²) in [6, 6.07) is 6.36. The number of nitrogens with one attached hydrogen (secondary N) is 1. The number of morpholine rings is 1. The van der Waals surface area contributed by atoms with Gasteiger partial charge in [-0.25, -0.2) is 13.6 Å². The summed E-state index contributed by atoms with van der Waals surface area (Å²) in [6.07, 6.45) is -0.0311. The van der Waals surface area contributed by atoms with Crippen LogP contribution in [0.1, 0.15) is 29.7 Å². The molecule has 0 spiro atoms. The Bertz CT molecular complexity index is 725. The summed E-state index contributed by atoms with van der Waals surface area (Å²) in [5, 5.41) is 8.27. The first-order valence-electron chi connectivity index (χ1n) is 8.52. The van der Waals surface area contributed by atoms with Crippen LogP contribution in [-0.2, 0) is 14.8 Å². The third-order valence-electron chi connectivity index (χ3n) is 4.11. The molecule has 1 heterocycles. The molecule has 3 N–H and O–H groups in total. The van der Waals surface area contributed by atoms with Crippen molar-refractivity contribution in [3.8, 4) is 0 Å². The molecular weight excluding hydrogens is 467 g/mol. The number of ether oxygens (including phenoxy) is 1. The second kappa shape index (κ2) is 10.4. The van der Waals surface area contributed by atoms with Gasteiger partial charge in [0.1, 0.15) is 6.10 Å². The highest BCUT2D eigenvalue weighted by Crippen LogP contribution is 2.25. The number of rotatable bonds is 5. The van der Waals surface area contributed by atoms with Gasteiger partial charge in [0.15, 0.2) is 5.96 Å². The van der Waals surface area contributed by atoms with Gasteiger partial charge in [0.2, 0.25) is 10.0 Å². The Morgan fingerprint density at radius 2 is 2.15 bits per heavy atom. The van der Waals surface area contributed by atoms with E-state index in [0.717, 1.165) is 0 Å². The number of nitrogens with two attached hydrogens (primary N) is 1. The van der Waals surface area contributed by atoms with E-state index in [9.17, 15) is 8.42 Å². The molecule has 1 atom stereocenters. The van der Waals surface area contributed by atoms with E-state index in [4.69, 9.17) is 9.88 Å². The molecule has 1 aromatic carbocycles. The summed E-state index contributed by atoms with van der Waals surface area (Å²) < 4.78 is 28.2. The standard InChI is InChI=1S/C17H28N4O3S.HI/c1-4-19-17(20-7-10-25(18,22)23)21-8-9-24-16(12-21)15-6-5-13(2)11-14(15)3;/h5-6,11,16H,4,7-10,12H2,1-3H3,(H,19,20)(H2,18,22,23);1H. The Kier molecular flexibility index (Phi) is 9.28. The zero-order valence-electron chi connectivity index (χ0n) is 15.6. The van der Waals surface area contributed by atoms with Crippen molar-refractivity contribution < 1.29 is 13.2 Å². The topological polar surface area (TPSA) is 97.0 Å². The highest BCUT2D eigenvalue weighted by atomic mass is 127. The van der Waals surface area contributed by atoms with Crippen LogP contribution in [-0.4, -0.2) is 57.8 Å². The molecule has 9 heteroatoms. The highest BCUT2D eigenvalue weighted by Gasteiger charge is 2.25. The van der Waals surface area contributed by atoms with E-state index in [2.05, 4.69) is 47.3 Å². The first-order chi connectivity index (χ1) is 11.8. The van der Waals surface area contributed by atoms with Gasteiger partial charge in [0.05, 0.1) is 25.4 Å². The number of halogens is 1. The van der Waals surface area contributed by atoms with Crippen LogP contribution in [0.4, 0.5) is 0 Å². The number of aliphatic imine (C=N–C) groups is 1. The molecule has 1 fully saturated rings. The van der Waals surface area contributed by atoms with Crippen LogP contribution in [0, 0.1) is 13.8 Å². The zero-order valence-corrected chi connectivity index (χ0v) is 18.7. The van der Waals surface area contributed by atoms with E-state index in [-0.39, 0.29) is 42.4 Å². The summed E-state index contributed by atoms with van der Waals surface area (Å²) in [7, 11) is -3.51. The summed E-state index contributed by atoms with van der Waals surface area (Å²) in [4.78, 5) is 6.52. The molecule has 1 unspecified atom stereocenters. The van der Waals surface area contributed by atoms with Crippen LogP contribution < -0.4 is 10.5 Å². The molecule has 1 aromatic rings. The maximum atomic E-state index is 11.1. The fourth-order valence-corrected chi connectivity index (χ4v) is 3.27. The van der Waals surface area contributed by atoms with Gasteiger partial charge < -0.3 is 15.0 Å². The molecule has 2 rings (SSSR count). The van der Waals surface area contributed by atoms with E-state index in [1.165, 1.54) is 16.7 Å². The maximum Gasteiger partial charge on any atom is 0.210 e. The lowest BCUT2D eigenvalue weighted by molar-refractivity contribution is -0.00832. The second-order valence-electron chi connectivity index (χ2n) is 6.27. The number of benzene rings is 1. The van der Waals surface area contributed by atoms with Crippen molar-refractivity contribution in [2.24, 2.45) is 10.1 Å². The van der Waals surface area contributed by atoms with Crippen molar-refractivity contribution in [2.45, 2.75) is 26.9 Å². The number of sulfonamides is 1. The molecule has 0 bridgehead atoms. The Morgan fingerprint density at radius 1 is 1.42 bits per heavy atom. The number of nitrogens with zero attached hydrogens (tertiary/aromatic N) is 2. The average Bonchev–Trinajstić information content (AvgIpc) is 2.53. The van der Waals surface area contributed by atoms with Crippen LogP contribution in [0.15, 0.2) is 23.2 Å². The molecule has 1 aliphatic rings. The van der Waals surface area contributed by atoms with E-state index >= 15 is 0 Å². The maximum absolute atomic E-state index is 11.1. The third kappa shape index (κ3) is 7.01. The first kappa shape index (κ1) is 23.1. The molecule has 0 radical (unpaired) electrons. The molecule has 26 heavy (non-hydrogen) atoms. The van der Waals surface area contributed by atoms with Gasteiger partial charge >= 0.3 is 0 Å². The van der Waals surface area contributed by atoms with Crippen LogP contribution >= 0.6 is 24.0 Å². The second-order valence-corrected chi connectivity index (χ2v) is 8.00. The van der Waals surface area contributed by atoms with Gasteiger partial charge in [-0.05, 0) is 31.9 Å². The molecular formula is C17H29IN4O3S. The van der Waals surface area contributed by atoms with Crippen molar-refractivity contribution in [1.29, 1.82) is 0 Å². The average molecular weight is 496 g/mol. The zero-order chi connectivity index (χ0) is 18.4. The number of aryl methyl sites for hydroxylation is 2. The van der Waals surface area contributed by atoms with Crippen LogP contribution in [0.3, 0.4) is 0 Å². The van der Waals surface area contributed by atoms with Crippen molar-refractivity contribution in [3.63, 3.8) is 0 Å². The van der Waals surface area contributed by atoms with Gasteiger partial charge in [-0.2, -0.15) is 0 Å². The summed E-state index contributed by atoms with van der Waals surface area (Å²) in [6.45, 7) is 8.98. The van der Waals surface area contributed by atoms with Gasteiger partial charge in [-0.1, -0.05) is 23.8 Å². The fraction of sp³-hybridized carbons (Fsp3) is 0.588. The Balaban J connectivity index is 0.00000338. The molecule has 1 aliphatic heterocycles. The van der Waals surface area contributed by atoms with Gasteiger partial charge in [0, 0.05) is 13.1 Å². The summed E-state index contributed by atoms with van der Waals surface area (Å²) in [5.41, 5.74) is 3.62. The Labute approximate surface area is 173 Å². The summed E-state index contributed by atoms with van der Waals surface area (Å²) >= 11 is 0. The third-order valence-corrected chi connectivity index (χ3v) is 4.86. The first-order valence-corrected chi connectivity index (χ1v) is 10.2. The van der Waals surface area contributed by atoms with E-state index in [0.29, 0.717) is 32.2 Å². The Morgan fingerprint density at radius 3 is 2.77 bits per heavy atom. The van der Waals surface area contributed by atoms with Crippen molar-refractivity contribution >= 4 is 40.0 Å². The number of guanidine groups is 1. The molecule has 148 valence electrons. The molecule has 7 nitrogen and oxygen atoms in total. The van der Waals surface area contributed by atoms with Crippen LogP contribution in [0.2, 0.25) is 0 Å². The minimum absolute atomic E-state index is 0. The van der Waals surface area contributed by atoms with Crippen LogP contribution in [0.5, 0.6) is 0 Å². The monoisotopic (exact) mass is 496 g/mol. The Hall–Kier alpha value is -0.910. The fourth-order valence-electron chi connectivity index (χ4n) is 2.92. The smallest absolute Gasteiger partial charge is 0.210 e. The minimum atomic E-state index is -3.51. The largest absolute Gasteiger partial charge is 0.370 e. The molecule has 0 aliphatic carbocycles. The molecule has 0 saturated carbocycles. The lowest BCUT2D eigenvalue weighted by Gasteiger charge is -2.36. The minimum Gasteiger partial charge on any atom is -0.370 e. The number of hydrogen-bond acceptors (Lipinski definition) is 4. The van der Waals surface area contributed by atoms with Crippen molar-refractivity contribution in [3.05, 3.63) is 34.9 Å². The SMILES string of the molecule is CCNC(=NCCS(N)(=O)=O)N1CCOC(c2ccc(C)cc2C)C1.I. The lowest BCUT2D eigenvalue weighted by atomic mass is 10.00. The van der Waals surface area contributed by atoms with E-state index in [1.807, 2.05) is 6.92 Å². The van der Waals surface area contributed by atoms with Crippen molar-refractivity contribution in [1.82, 2.24) is 10.2 Å². The molecule has 0 amide bonds. The quantitative estimate of drug-likeness (QED) is 0.367. The van der Waals surface area contributed by atoms with Gasteiger partial charge in [-0.15, -0.1) is 24.0 Å².